The Labute approximate surface area is 104 Å². The van der Waals surface area contributed by atoms with Crippen molar-refractivity contribution in [1.82, 2.24) is 10.2 Å². The van der Waals surface area contributed by atoms with Crippen molar-refractivity contribution in [3.05, 3.63) is 0 Å². The zero-order chi connectivity index (χ0) is 10.7. The van der Waals surface area contributed by atoms with Crippen LogP contribution in [0.2, 0.25) is 0 Å². The third-order valence-corrected chi connectivity index (χ3v) is 3.79. The van der Waals surface area contributed by atoms with Crippen LogP contribution in [0.1, 0.15) is 39.0 Å². The molecule has 0 aromatic carbocycles. The Morgan fingerprint density at radius 3 is 2.81 bits per heavy atom. The largest absolute Gasteiger partial charge is 0.339 e. The van der Waals surface area contributed by atoms with E-state index in [0.29, 0.717) is 11.9 Å². The first-order valence-corrected chi connectivity index (χ1v) is 6.34. The van der Waals surface area contributed by atoms with Crippen molar-refractivity contribution in [1.29, 1.82) is 0 Å². The van der Waals surface area contributed by atoms with Crippen LogP contribution < -0.4 is 5.32 Å². The van der Waals surface area contributed by atoms with Crippen LogP contribution in [0.25, 0.3) is 0 Å². The van der Waals surface area contributed by atoms with Crippen molar-refractivity contribution in [2.24, 2.45) is 5.92 Å². The highest BCUT2D eigenvalue weighted by Gasteiger charge is 2.31. The number of rotatable bonds is 2. The van der Waals surface area contributed by atoms with E-state index in [2.05, 4.69) is 17.1 Å². The third kappa shape index (κ3) is 2.89. The van der Waals surface area contributed by atoms with Crippen molar-refractivity contribution >= 4 is 18.3 Å². The Kier molecular flexibility index (Phi) is 5.56. The Morgan fingerprint density at radius 2 is 2.19 bits per heavy atom. The van der Waals surface area contributed by atoms with Gasteiger partial charge in [0.1, 0.15) is 0 Å². The van der Waals surface area contributed by atoms with Gasteiger partial charge in [-0.3, -0.25) is 4.79 Å². The summed E-state index contributed by atoms with van der Waals surface area (Å²) >= 11 is 0. The van der Waals surface area contributed by atoms with Crippen LogP contribution in [0.4, 0.5) is 0 Å². The van der Waals surface area contributed by atoms with Gasteiger partial charge in [0.05, 0.1) is 5.92 Å². The Bertz CT molecular complexity index is 229. The molecule has 2 fully saturated rings. The van der Waals surface area contributed by atoms with Gasteiger partial charge in [-0.15, -0.1) is 12.4 Å². The van der Waals surface area contributed by atoms with E-state index in [4.69, 9.17) is 0 Å². The fourth-order valence-electron chi connectivity index (χ4n) is 2.82. The monoisotopic (exact) mass is 246 g/mol. The molecule has 2 atom stereocenters. The minimum absolute atomic E-state index is 0. The molecule has 16 heavy (non-hydrogen) atoms. The second kappa shape index (κ2) is 6.45. The van der Waals surface area contributed by atoms with Crippen LogP contribution >= 0.6 is 12.4 Å². The minimum Gasteiger partial charge on any atom is -0.339 e. The number of hydrogen-bond acceptors (Lipinski definition) is 2. The summed E-state index contributed by atoms with van der Waals surface area (Å²) < 4.78 is 0. The van der Waals surface area contributed by atoms with Gasteiger partial charge in [-0.25, -0.2) is 0 Å². The van der Waals surface area contributed by atoms with Gasteiger partial charge in [-0.2, -0.15) is 0 Å². The molecule has 94 valence electrons. The third-order valence-electron chi connectivity index (χ3n) is 3.79. The zero-order valence-electron chi connectivity index (χ0n) is 10.1. The Morgan fingerprint density at radius 1 is 1.38 bits per heavy atom. The lowest BCUT2D eigenvalue weighted by atomic mass is 9.97. The van der Waals surface area contributed by atoms with E-state index in [1.807, 2.05) is 0 Å². The topological polar surface area (TPSA) is 32.3 Å². The molecule has 1 amide bonds. The Balaban J connectivity index is 0.00000128. The number of nitrogens with zero attached hydrogens (tertiary/aromatic N) is 1. The summed E-state index contributed by atoms with van der Waals surface area (Å²) in [5, 5.41) is 3.28. The molecule has 2 heterocycles. The van der Waals surface area contributed by atoms with Gasteiger partial charge in [-0.1, -0.05) is 6.92 Å². The van der Waals surface area contributed by atoms with Crippen LogP contribution in [0.15, 0.2) is 0 Å². The average Bonchev–Trinajstić information content (AvgIpc) is 2.81. The van der Waals surface area contributed by atoms with Gasteiger partial charge in [0.15, 0.2) is 0 Å². The summed E-state index contributed by atoms with van der Waals surface area (Å²) in [5.41, 5.74) is 0. The van der Waals surface area contributed by atoms with Gasteiger partial charge in [0.2, 0.25) is 5.91 Å². The van der Waals surface area contributed by atoms with E-state index in [1.165, 1.54) is 19.3 Å². The summed E-state index contributed by atoms with van der Waals surface area (Å²) in [6.07, 6.45) is 5.85. The molecule has 2 aliphatic heterocycles. The van der Waals surface area contributed by atoms with Gasteiger partial charge < -0.3 is 10.2 Å². The minimum atomic E-state index is 0. The zero-order valence-corrected chi connectivity index (χ0v) is 10.9. The summed E-state index contributed by atoms with van der Waals surface area (Å²) in [5.74, 6) is 0.670. The second-order valence-corrected chi connectivity index (χ2v) is 4.78. The molecule has 2 rings (SSSR count). The molecule has 2 aliphatic rings. The average molecular weight is 247 g/mol. The highest BCUT2D eigenvalue weighted by Crippen LogP contribution is 2.23. The molecular weight excluding hydrogens is 224 g/mol. The molecule has 0 aromatic rings. The quantitative estimate of drug-likeness (QED) is 0.806. The van der Waals surface area contributed by atoms with Gasteiger partial charge in [0, 0.05) is 19.1 Å². The number of piperidine rings is 1. The number of nitrogens with one attached hydrogen (secondary N) is 1. The number of carbonyl (C=O) groups excluding carboxylic acids is 1. The lowest BCUT2D eigenvalue weighted by Crippen LogP contribution is -2.46. The molecule has 0 spiro atoms. The normalized spacial score (nSPS) is 29.9. The maximum Gasteiger partial charge on any atom is 0.227 e. The van der Waals surface area contributed by atoms with E-state index < -0.39 is 0 Å². The smallest absolute Gasteiger partial charge is 0.227 e. The van der Waals surface area contributed by atoms with Crippen molar-refractivity contribution in [3.8, 4) is 0 Å². The molecule has 0 aliphatic carbocycles. The van der Waals surface area contributed by atoms with E-state index in [1.54, 1.807) is 0 Å². The molecule has 4 heteroatoms. The summed E-state index contributed by atoms with van der Waals surface area (Å²) in [6.45, 7) is 5.10. The summed E-state index contributed by atoms with van der Waals surface area (Å²) in [6, 6.07) is 0.520. The molecule has 0 aromatic heterocycles. The maximum atomic E-state index is 12.3. The van der Waals surface area contributed by atoms with Gasteiger partial charge in [-0.05, 0) is 38.6 Å². The summed E-state index contributed by atoms with van der Waals surface area (Å²) in [7, 11) is 0. The maximum absolute atomic E-state index is 12.3. The molecular formula is C12H23ClN2O. The number of likely N-dealkylation sites (tertiary alicyclic amines) is 1. The van der Waals surface area contributed by atoms with E-state index in [9.17, 15) is 4.79 Å². The van der Waals surface area contributed by atoms with Crippen LogP contribution in [0, 0.1) is 5.92 Å². The highest BCUT2D eigenvalue weighted by molar-refractivity contribution is 5.85. The molecule has 0 radical (unpaired) electrons. The molecule has 1 N–H and O–H groups in total. The van der Waals surface area contributed by atoms with E-state index in [-0.39, 0.29) is 18.3 Å². The number of carbonyl (C=O) groups is 1. The van der Waals surface area contributed by atoms with Gasteiger partial charge >= 0.3 is 0 Å². The van der Waals surface area contributed by atoms with E-state index in [0.717, 1.165) is 32.5 Å². The van der Waals surface area contributed by atoms with Crippen LogP contribution in [-0.2, 0) is 4.79 Å². The molecule has 2 saturated heterocycles. The van der Waals surface area contributed by atoms with Crippen molar-refractivity contribution in [3.63, 3.8) is 0 Å². The lowest BCUT2D eigenvalue weighted by Gasteiger charge is -2.36. The SMILES string of the molecule is CCC1CCCCN1C(=O)[C@@H]1CCNC1.Cl. The van der Waals surface area contributed by atoms with Gasteiger partial charge in [0.25, 0.3) is 0 Å². The van der Waals surface area contributed by atoms with Crippen LogP contribution in [0.3, 0.4) is 0 Å². The second-order valence-electron chi connectivity index (χ2n) is 4.78. The molecule has 0 bridgehead atoms. The molecule has 0 saturated carbocycles. The van der Waals surface area contributed by atoms with Crippen molar-refractivity contribution < 1.29 is 4.79 Å². The fourth-order valence-corrected chi connectivity index (χ4v) is 2.82. The lowest BCUT2D eigenvalue weighted by molar-refractivity contribution is -0.138. The van der Waals surface area contributed by atoms with Crippen molar-refractivity contribution in [2.75, 3.05) is 19.6 Å². The molecule has 3 nitrogen and oxygen atoms in total. The first-order valence-electron chi connectivity index (χ1n) is 6.34. The number of halogens is 1. The highest BCUT2D eigenvalue weighted by atomic mass is 35.5. The fraction of sp³-hybridized carbons (Fsp3) is 0.917. The predicted molar refractivity (Wildman–Crippen MR) is 67.9 cm³/mol. The Hall–Kier alpha value is -0.280. The van der Waals surface area contributed by atoms with Crippen LogP contribution in [-0.4, -0.2) is 36.5 Å². The standard InChI is InChI=1S/C12H22N2O.ClH/c1-2-11-5-3-4-8-14(11)12(15)10-6-7-13-9-10;/h10-11,13H,2-9H2,1H3;1H/t10-,11?;/m1./s1. The van der Waals surface area contributed by atoms with Crippen LogP contribution in [0.5, 0.6) is 0 Å². The predicted octanol–water partition coefficient (Wildman–Crippen LogP) is 1.81. The first-order chi connectivity index (χ1) is 7.33. The van der Waals surface area contributed by atoms with E-state index >= 15 is 0 Å². The van der Waals surface area contributed by atoms with Crippen molar-refractivity contribution in [2.45, 2.75) is 45.1 Å². The number of hydrogen-bond donors (Lipinski definition) is 1. The first kappa shape index (κ1) is 13.8. The number of amides is 1. The molecule has 1 unspecified atom stereocenters. The summed E-state index contributed by atoms with van der Waals surface area (Å²) in [4.78, 5) is 14.4.